The molecule has 2 fully saturated rings. The van der Waals surface area contributed by atoms with E-state index in [1.54, 1.807) is 0 Å². The minimum absolute atomic E-state index is 0.0733. The van der Waals surface area contributed by atoms with Crippen molar-refractivity contribution in [2.45, 2.75) is 25.8 Å². The summed E-state index contributed by atoms with van der Waals surface area (Å²) < 4.78 is 5.26. The van der Waals surface area contributed by atoms with E-state index < -0.39 is 5.54 Å². The summed E-state index contributed by atoms with van der Waals surface area (Å²) in [6.07, 6.45) is 0.651. The summed E-state index contributed by atoms with van der Waals surface area (Å²) in [5.74, 6) is 0.750. The zero-order chi connectivity index (χ0) is 13.2. The highest BCUT2D eigenvalue weighted by Crippen LogP contribution is 2.19. The van der Waals surface area contributed by atoms with Crippen molar-refractivity contribution < 1.29 is 9.53 Å². The number of nitrogens with two attached hydrogens (primary N) is 1. The van der Waals surface area contributed by atoms with Gasteiger partial charge < -0.3 is 15.4 Å². The van der Waals surface area contributed by atoms with E-state index in [-0.39, 0.29) is 5.91 Å². The maximum Gasteiger partial charge on any atom is 0.245 e. The van der Waals surface area contributed by atoms with Crippen LogP contribution in [0.3, 0.4) is 0 Å². The minimum atomic E-state index is -0.764. The van der Waals surface area contributed by atoms with Crippen molar-refractivity contribution >= 4 is 5.91 Å². The Labute approximate surface area is 109 Å². The van der Waals surface area contributed by atoms with Crippen molar-refractivity contribution in [2.75, 3.05) is 45.9 Å². The number of nitrogens with zero attached hydrogens (tertiary/aromatic N) is 2. The summed E-state index contributed by atoms with van der Waals surface area (Å²) in [6, 6.07) is 0. The van der Waals surface area contributed by atoms with E-state index in [4.69, 9.17) is 10.5 Å². The molecule has 18 heavy (non-hydrogen) atoms. The zero-order valence-electron chi connectivity index (χ0n) is 11.5. The Balaban J connectivity index is 1.84. The molecule has 2 rings (SSSR count). The van der Waals surface area contributed by atoms with Crippen LogP contribution in [0, 0.1) is 5.92 Å². The standard InChI is InChI=1S/C13H25N3O2/c1-11(2)9-15-4-6-16(7-5-15)12(17)13(14)3-8-18-10-13/h11H,3-10,14H2,1-2H3. The second-order valence-corrected chi connectivity index (χ2v) is 5.95. The van der Waals surface area contributed by atoms with Gasteiger partial charge in [-0.25, -0.2) is 0 Å². The number of hydrogen-bond acceptors (Lipinski definition) is 4. The molecule has 1 unspecified atom stereocenters. The van der Waals surface area contributed by atoms with Gasteiger partial charge in [0.05, 0.1) is 6.61 Å². The Bertz CT molecular complexity index is 293. The van der Waals surface area contributed by atoms with Crippen LogP contribution < -0.4 is 5.73 Å². The van der Waals surface area contributed by atoms with Crippen LogP contribution in [0.4, 0.5) is 0 Å². The van der Waals surface area contributed by atoms with Crippen molar-refractivity contribution in [3.63, 3.8) is 0 Å². The quantitative estimate of drug-likeness (QED) is 0.765. The number of ether oxygens (including phenoxy) is 1. The fourth-order valence-corrected chi connectivity index (χ4v) is 2.71. The number of amides is 1. The predicted octanol–water partition coefficient (Wildman–Crippen LogP) is -0.0956. The molecule has 1 amide bonds. The number of rotatable bonds is 3. The lowest BCUT2D eigenvalue weighted by molar-refractivity contribution is -0.138. The van der Waals surface area contributed by atoms with E-state index in [2.05, 4.69) is 18.7 Å². The highest BCUT2D eigenvalue weighted by molar-refractivity contribution is 5.86. The van der Waals surface area contributed by atoms with Crippen LogP contribution in [0.25, 0.3) is 0 Å². The van der Waals surface area contributed by atoms with Crippen molar-refractivity contribution in [3.8, 4) is 0 Å². The summed E-state index contributed by atoms with van der Waals surface area (Å²) >= 11 is 0. The number of piperazine rings is 1. The van der Waals surface area contributed by atoms with Gasteiger partial charge in [-0.15, -0.1) is 0 Å². The van der Waals surface area contributed by atoms with Crippen LogP contribution in [0.5, 0.6) is 0 Å². The largest absolute Gasteiger partial charge is 0.379 e. The average Bonchev–Trinajstić information content (AvgIpc) is 2.77. The molecule has 0 aromatic heterocycles. The molecule has 0 aromatic carbocycles. The molecule has 0 aliphatic carbocycles. The van der Waals surface area contributed by atoms with Gasteiger partial charge in [-0.1, -0.05) is 13.8 Å². The van der Waals surface area contributed by atoms with Crippen LogP contribution in [0.1, 0.15) is 20.3 Å². The first kappa shape index (κ1) is 13.8. The number of carbonyl (C=O) groups is 1. The maximum absolute atomic E-state index is 12.4. The van der Waals surface area contributed by atoms with Gasteiger partial charge >= 0.3 is 0 Å². The zero-order valence-corrected chi connectivity index (χ0v) is 11.5. The first-order valence-electron chi connectivity index (χ1n) is 6.89. The molecule has 1 atom stereocenters. The first-order valence-corrected chi connectivity index (χ1v) is 6.89. The Hall–Kier alpha value is -0.650. The van der Waals surface area contributed by atoms with Crippen LogP contribution >= 0.6 is 0 Å². The molecular weight excluding hydrogens is 230 g/mol. The van der Waals surface area contributed by atoms with Gasteiger partial charge in [0.2, 0.25) is 5.91 Å². The van der Waals surface area contributed by atoms with E-state index in [9.17, 15) is 4.79 Å². The van der Waals surface area contributed by atoms with Gasteiger partial charge in [-0.2, -0.15) is 0 Å². The molecule has 2 aliphatic rings. The third-order valence-corrected chi connectivity index (χ3v) is 3.76. The normalized spacial score (nSPS) is 30.1. The molecule has 2 heterocycles. The highest BCUT2D eigenvalue weighted by atomic mass is 16.5. The van der Waals surface area contributed by atoms with Gasteiger partial charge in [0.25, 0.3) is 0 Å². The molecule has 5 heteroatoms. The van der Waals surface area contributed by atoms with Gasteiger partial charge in [-0.3, -0.25) is 9.69 Å². The van der Waals surface area contributed by atoms with Crippen LogP contribution in [0.2, 0.25) is 0 Å². The van der Waals surface area contributed by atoms with E-state index in [0.717, 1.165) is 32.7 Å². The Morgan fingerprint density at radius 1 is 1.33 bits per heavy atom. The molecule has 2 aliphatic heterocycles. The number of carbonyl (C=O) groups excluding carboxylic acids is 1. The molecule has 0 radical (unpaired) electrons. The van der Waals surface area contributed by atoms with E-state index in [1.807, 2.05) is 4.90 Å². The molecule has 2 N–H and O–H groups in total. The third-order valence-electron chi connectivity index (χ3n) is 3.76. The monoisotopic (exact) mass is 255 g/mol. The summed E-state index contributed by atoms with van der Waals surface area (Å²) in [7, 11) is 0. The third kappa shape index (κ3) is 3.02. The Morgan fingerprint density at radius 3 is 2.50 bits per heavy atom. The predicted molar refractivity (Wildman–Crippen MR) is 70.2 cm³/mol. The average molecular weight is 255 g/mol. The van der Waals surface area contributed by atoms with Crippen LogP contribution in [-0.4, -0.2) is 67.2 Å². The van der Waals surface area contributed by atoms with Crippen LogP contribution in [0.15, 0.2) is 0 Å². The van der Waals surface area contributed by atoms with Gasteiger partial charge in [0, 0.05) is 39.3 Å². The molecule has 2 saturated heterocycles. The van der Waals surface area contributed by atoms with Crippen molar-refractivity contribution in [1.29, 1.82) is 0 Å². The first-order chi connectivity index (χ1) is 8.51. The lowest BCUT2D eigenvalue weighted by atomic mass is 9.98. The summed E-state index contributed by atoms with van der Waals surface area (Å²) in [5, 5.41) is 0. The molecule has 0 aromatic rings. The van der Waals surface area contributed by atoms with Gasteiger partial charge in [0.1, 0.15) is 5.54 Å². The molecule has 5 nitrogen and oxygen atoms in total. The van der Waals surface area contributed by atoms with Crippen molar-refractivity contribution in [1.82, 2.24) is 9.80 Å². The molecule has 104 valence electrons. The molecular formula is C13H25N3O2. The van der Waals surface area contributed by atoms with E-state index in [0.29, 0.717) is 25.6 Å². The highest BCUT2D eigenvalue weighted by Gasteiger charge is 2.41. The van der Waals surface area contributed by atoms with Crippen molar-refractivity contribution in [2.24, 2.45) is 11.7 Å². The topological polar surface area (TPSA) is 58.8 Å². The summed E-state index contributed by atoms with van der Waals surface area (Å²) in [5.41, 5.74) is 5.36. The second-order valence-electron chi connectivity index (χ2n) is 5.95. The van der Waals surface area contributed by atoms with Gasteiger partial charge in [0.15, 0.2) is 0 Å². The fraction of sp³-hybridized carbons (Fsp3) is 0.923. The lowest BCUT2D eigenvalue weighted by Crippen LogP contribution is -2.60. The number of hydrogen-bond donors (Lipinski definition) is 1. The maximum atomic E-state index is 12.4. The molecule has 0 spiro atoms. The van der Waals surface area contributed by atoms with Crippen LogP contribution in [-0.2, 0) is 9.53 Å². The Kier molecular flexibility index (Phi) is 4.25. The summed E-state index contributed by atoms with van der Waals surface area (Å²) in [6.45, 7) is 10.0. The van der Waals surface area contributed by atoms with E-state index in [1.165, 1.54) is 0 Å². The lowest BCUT2D eigenvalue weighted by Gasteiger charge is -2.38. The minimum Gasteiger partial charge on any atom is -0.379 e. The summed E-state index contributed by atoms with van der Waals surface area (Å²) in [4.78, 5) is 16.7. The smallest absolute Gasteiger partial charge is 0.245 e. The fourth-order valence-electron chi connectivity index (χ4n) is 2.71. The molecule has 0 saturated carbocycles. The Morgan fingerprint density at radius 2 is 2.00 bits per heavy atom. The second kappa shape index (κ2) is 5.55. The van der Waals surface area contributed by atoms with Gasteiger partial charge in [-0.05, 0) is 12.3 Å². The van der Waals surface area contributed by atoms with E-state index >= 15 is 0 Å². The SMILES string of the molecule is CC(C)CN1CCN(C(=O)C2(N)CCOC2)CC1. The molecule has 0 bridgehead atoms. The van der Waals surface area contributed by atoms with Crippen molar-refractivity contribution in [3.05, 3.63) is 0 Å².